The lowest BCUT2D eigenvalue weighted by atomic mass is 10.2. The van der Waals surface area contributed by atoms with E-state index in [0.29, 0.717) is 22.9 Å². The van der Waals surface area contributed by atoms with Crippen LogP contribution in [0.1, 0.15) is 5.56 Å². The van der Waals surface area contributed by atoms with E-state index in [1.165, 1.54) is 12.0 Å². The Kier molecular flexibility index (Phi) is 6.80. The van der Waals surface area contributed by atoms with Crippen LogP contribution in [0.4, 0.5) is 5.69 Å². The van der Waals surface area contributed by atoms with Crippen molar-refractivity contribution >= 4 is 29.6 Å². The molecule has 132 valence electrons. The van der Waals surface area contributed by atoms with Gasteiger partial charge in [0, 0.05) is 11.6 Å². The van der Waals surface area contributed by atoms with Crippen LogP contribution in [0.15, 0.2) is 48.5 Å². The zero-order chi connectivity index (χ0) is 18.2. The monoisotopic (exact) mass is 362 g/mol. The maximum atomic E-state index is 12.1. The maximum absolute atomic E-state index is 12.1. The van der Waals surface area contributed by atoms with Crippen molar-refractivity contribution < 1.29 is 19.4 Å². The van der Waals surface area contributed by atoms with Gasteiger partial charge in [0.05, 0.1) is 19.3 Å². The molecule has 0 aliphatic rings. The van der Waals surface area contributed by atoms with Gasteiger partial charge in [0.2, 0.25) is 6.41 Å². The smallest absolute Gasteiger partial charge is 0.250 e. The van der Waals surface area contributed by atoms with Crippen molar-refractivity contribution in [3.8, 4) is 5.75 Å². The first-order valence-electron chi connectivity index (χ1n) is 7.60. The third kappa shape index (κ3) is 5.20. The van der Waals surface area contributed by atoms with Crippen LogP contribution < -0.4 is 15.0 Å². The summed E-state index contributed by atoms with van der Waals surface area (Å²) in [5.74, 6) is -0.108. The normalized spacial score (nSPS) is 11.5. The van der Waals surface area contributed by atoms with Gasteiger partial charge in [-0.15, -0.1) is 0 Å². The minimum Gasteiger partial charge on any atom is -0.495 e. The number of hydrogen-bond donors (Lipinski definition) is 2. The van der Waals surface area contributed by atoms with Crippen LogP contribution in [0.2, 0.25) is 5.02 Å². The predicted octanol–water partition coefficient (Wildman–Crippen LogP) is 1.99. The van der Waals surface area contributed by atoms with Crippen molar-refractivity contribution in [1.29, 1.82) is 0 Å². The minimum atomic E-state index is -1.38. The van der Waals surface area contributed by atoms with Crippen molar-refractivity contribution in [2.24, 2.45) is 0 Å². The highest BCUT2D eigenvalue weighted by Gasteiger charge is 2.20. The molecule has 2 aromatic rings. The van der Waals surface area contributed by atoms with Crippen molar-refractivity contribution in [1.82, 2.24) is 5.32 Å². The number of rotatable bonds is 8. The predicted molar refractivity (Wildman–Crippen MR) is 95.7 cm³/mol. The Bertz CT molecular complexity index is 739. The Balaban J connectivity index is 1.97. The van der Waals surface area contributed by atoms with Crippen molar-refractivity contribution in [3.63, 3.8) is 0 Å². The molecule has 6 nitrogen and oxygen atoms in total. The third-order valence-corrected chi connectivity index (χ3v) is 3.78. The molecule has 0 bridgehead atoms. The molecule has 1 unspecified atom stereocenters. The number of amides is 2. The molecule has 0 aliphatic heterocycles. The summed E-state index contributed by atoms with van der Waals surface area (Å²) in [5, 5.41) is 13.3. The van der Waals surface area contributed by atoms with E-state index in [4.69, 9.17) is 16.3 Å². The number of anilines is 1. The summed E-state index contributed by atoms with van der Waals surface area (Å²) in [4.78, 5) is 24.7. The van der Waals surface area contributed by atoms with E-state index < -0.39 is 12.0 Å². The number of carbonyl (C=O) groups is 2. The lowest BCUT2D eigenvalue weighted by Crippen LogP contribution is -2.42. The summed E-state index contributed by atoms with van der Waals surface area (Å²) in [7, 11) is 1.48. The van der Waals surface area contributed by atoms with Crippen molar-refractivity contribution in [3.05, 3.63) is 59.1 Å². The highest BCUT2D eigenvalue weighted by molar-refractivity contribution is 6.30. The van der Waals surface area contributed by atoms with Crippen LogP contribution >= 0.6 is 11.6 Å². The number of aliphatic hydroxyl groups is 1. The van der Waals surface area contributed by atoms with Crippen LogP contribution in [0, 0.1) is 0 Å². The Hall–Kier alpha value is -2.57. The van der Waals surface area contributed by atoms with E-state index in [9.17, 15) is 14.7 Å². The maximum Gasteiger partial charge on any atom is 0.250 e. The van der Waals surface area contributed by atoms with Crippen molar-refractivity contribution in [2.75, 3.05) is 18.6 Å². The molecular formula is C18H19ClN2O4. The SMILES string of the molecule is COc1ccccc1N(C=O)CC(O)C(=O)NCc1cccc(Cl)c1. The second-order valence-electron chi connectivity index (χ2n) is 5.29. The van der Waals surface area contributed by atoms with Crippen LogP contribution in [0.3, 0.4) is 0 Å². The first-order valence-corrected chi connectivity index (χ1v) is 7.98. The quantitative estimate of drug-likeness (QED) is 0.704. The Labute approximate surface area is 151 Å². The zero-order valence-electron chi connectivity index (χ0n) is 13.7. The second kappa shape index (κ2) is 9.05. The number of benzene rings is 2. The van der Waals surface area contributed by atoms with E-state index in [-0.39, 0.29) is 13.1 Å². The molecule has 0 aliphatic carbocycles. The zero-order valence-corrected chi connectivity index (χ0v) is 14.4. The Morgan fingerprint density at radius 2 is 2.08 bits per heavy atom. The van der Waals surface area contributed by atoms with E-state index in [1.54, 1.807) is 42.5 Å². The fraction of sp³-hybridized carbons (Fsp3) is 0.222. The molecular weight excluding hydrogens is 344 g/mol. The Morgan fingerprint density at radius 3 is 2.76 bits per heavy atom. The van der Waals surface area contributed by atoms with Gasteiger partial charge in [0.25, 0.3) is 5.91 Å². The standard InChI is InChI=1S/C18H19ClN2O4/c1-25-17-8-3-2-7-15(17)21(12-22)11-16(23)18(24)20-10-13-5-4-6-14(19)9-13/h2-9,12,16,23H,10-11H2,1H3,(H,20,24). The molecule has 0 fully saturated rings. The molecule has 7 heteroatoms. The van der Waals surface area contributed by atoms with E-state index in [0.717, 1.165) is 5.56 Å². The number of carbonyl (C=O) groups excluding carboxylic acids is 2. The molecule has 2 rings (SSSR count). The van der Waals surface area contributed by atoms with Gasteiger partial charge in [-0.25, -0.2) is 0 Å². The number of methoxy groups -OCH3 is 1. The first-order chi connectivity index (χ1) is 12.0. The lowest BCUT2D eigenvalue weighted by Gasteiger charge is -2.22. The third-order valence-electron chi connectivity index (χ3n) is 3.55. The minimum absolute atomic E-state index is 0.189. The van der Waals surface area contributed by atoms with Gasteiger partial charge in [-0.1, -0.05) is 35.9 Å². The summed E-state index contributed by atoms with van der Waals surface area (Å²) < 4.78 is 5.19. The summed E-state index contributed by atoms with van der Waals surface area (Å²) in [6.07, 6.45) is -0.833. The molecule has 2 N–H and O–H groups in total. The Morgan fingerprint density at radius 1 is 1.32 bits per heavy atom. The number of nitrogens with one attached hydrogen (secondary N) is 1. The average molecular weight is 363 g/mol. The fourth-order valence-electron chi connectivity index (χ4n) is 2.29. The number of aliphatic hydroxyl groups excluding tert-OH is 1. The second-order valence-corrected chi connectivity index (χ2v) is 5.73. The van der Waals surface area contributed by atoms with Gasteiger partial charge >= 0.3 is 0 Å². The number of para-hydroxylation sites is 2. The fourth-order valence-corrected chi connectivity index (χ4v) is 2.50. The van der Waals surface area contributed by atoms with Crippen LogP contribution in [0.5, 0.6) is 5.75 Å². The van der Waals surface area contributed by atoms with Gasteiger partial charge in [0.15, 0.2) is 6.10 Å². The molecule has 0 saturated heterocycles. The lowest BCUT2D eigenvalue weighted by molar-refractivity contribution is -0.129. The van der Waals surface area contributed by atoms with E-state index >= 15 is 0 Å². The summed E-state index contributed by atoms with van der Waals surface area (Å²) in [5.41, 5.74) is 1.28. The summed E-state index contributed by atoms with van der Waals surface area (Å²) in [6.45, 7) is 0.0391. The van der Waals surface area contributed by atoms with Gasteiger partial charge in [-0.05, 0) is 29.8 Å². The van der Waals surface area contributed by atoms with Crippen LogP contribution in [-0.2, 0) is 16.1 Å². The van der Waals surface area contributed by atoms with E-state index in [2.05, 4.69) is 5.32 Å². The first kappa shape index (κ1) is 18.8. The summed E-state index contributed by atoms with van der Waals surface area (Å²) >= 11 is 5.89. The van der Waals surface area contributed by atoms with Crippen molar-refractivity contribution in [2.45, 2.75) is 12.6 Å². The number of nitrogens with zero attached hydrogens (tertiary/aromatic N) is 1. The van der Waals surface area contributed by atoms with Gasteiger partial charge in [-0.3, -0.25) is 9.59 Å². The molecule has 0 saturated carbocycles. The number of ether oxygens (including phenoxy) is 1. The molecule has 0 radical (unpaired) electrons. The average Bonchev–Trinajstić information content (AvgIpc) is 2.64. The van der Waals surface area contributed by atoms with Gasteiger partial charge in [0.1, 0.15) is 5.75 Å². The largest absolute Gasteiger partial charge is 0.495 e. The molecule has 0 spiro atoms. The van der Waals surface area contributed by atoms with Crippen LogP contribution in [0.25, 0.3) is 0 Å². The number of hydrogen-bond acceptors (Lipinski definition) is 4. The molecule has 0 heterocycles. The number of halogens is 1. The van der Waals surface area contributed by atoms with Gasteiger partial charge < -0.3 is 20.1 Å². The molecule has 25 heavy (non-hydrogen) atoms. The molecule has 2 aromatic carbocycles. The topological polar surface area (TPSA) is 78.9 Å². The molecule has 0 aromatic heterocycles. The molecule has 2 amide bonds. The van der Waals surface area contributed by atoms with Gasteiger partial charge in [-0.2, -0.15) is 0 Å². The molecule has 1 atom stereocenters. The highest BCUT2D eigenvalue weighted by Crippen LogP contribution is 2.26. The van der Waals surface area contributed by atoms with Crippen LogP contribution in [-0.4, -0.2) is 37.2 Å². The highest BCUT2D eigenvalue weighted by atomic mass is 35.5. The van der Waals surface area contributed by atoms with E-state index in [1.807, 2.05) is 6.07 Å². The summed E-state index contributed by atoms with van der Waals surface area (Å²) in [6, 6.07) is 13.9.